The maximum Gasteiger partial charge on any atom is 0.259 e. The molecule has 1 N–H and O–H groups in total. The first kappa shape index (κ1) is 14.8. The Morgan fingerprint density at radius 2 is 2.10 bits per heavy atom. The molecule has 0 unspecified atom stereocenters. The summed E-state index contributed by atoms with van der Waals surface area (Å²) < 4.78 is 0. The SMILES string of the molecule is Cc1cc(=O)c(C(=O)N(C)CC2CCN(C)CC2)c[nH]1. The highest BCUT2D eigenvalue weighted by Crippen LogP contribution is 2.17. The highest BCUT2D eigenvalue weighted by atomic mass is 16.2. The van der Waals surface area contributed by atoms with Crippen molar-refractivity contribution in [2.45, 2.75) is 19.8 Å². The first-order valence-corrected chi connectivity index (χ1v) is 7.10. The zero-order valence-electron chi connectivity index (χ0n) is 12.5. The van der Waals surface area contributed by atoms with E-state index in [1.807, 2.05) is 0 Å². The quantitative estimate of drug-likeness (QED) is 0.900. The van der Waals surface area contributed by atoms with Crippen LogP contribution < -0.4 is 5.43 Å². The van der Waals surface area contributed by atoms with Gasteiger partial charge in [0.15, 0.2) is 5.43 Å². The van der Waals surface area contributed by atoms with Gasteiger partial charge in [-0.25, -0.2) is 0 Å². The number of hydrogen-bond acceptors (Lipinski definition) is 3. The van der Waals surface area contributed by atoms with Gasteiger partial charge in [0.2, 0.25) is 0 Å². The molecule has 20 heavy (non-hydrogen) atoms. The summed E-state index contributed by atoms with van der Waals surface area (Å²) in [5.74, 6) is 0.342. The molecule has 1 aliphatic heterocycles. The number of likely N-dealkylation sites (tertiary alicyclic amines) is 1. The highest BCUT2D eigenvalue weighted by molar-refractivity contribution is 5.93. The molecule has 0 spiro atoms. The summed E-state index contributed by atoms with van der Waals surface area (Å²) in [4.78, 5) is 31.1. The molecule has 1 fully saturated rings. The summed E-state index contributed by atoms with van der Waals surface area (Å²) in [6.45, 7) is 4.69. The molecular formula is C15H23N3O2. The van der Waals surface area contributed by atoms with Gasteiger partial charge in [0.1, 0.15) is 5.56 Å². The van der Waals surface area contributed by atoms with Gasteiger partial charge in [-0.2, -0.15) is 0 Å². The van der Waals surface area contributed by atoms with Crippen molar-refractivity contribution in [3.05, 3.63) is 33.7 Å². The Balaban J connectivity index is 2.00. The highest BCUT2D eigenvalue weighted by Gasteiger charge is 2.22. The number of nitrogens with zero attached hydrogens (tertiary/aromatic N) is 2. The van der Waals surface area contributed by atoms with E-state index in [0.29, 0.717) is 5.92 Å². The number of piperidine rings is 1. The van der Waals surface area contributed by atoms with Crippen molar-refractivity contribution in [2.75, 3.05) is 33.7 Å². The predicted molar refractivity (Wildman–Crippen MR) is 79.0 cm³/mol. The van der Waals surface area contributed by atoms with Crippen LogP contribution >= 0.6 is 0 Å². The second kappa shape index (κ2) is 6.22. The van der Waals surface area contributed by atoms with Crippen molar-refractivity contribution in [2.24, 2.45) is 5.92 Å². The van der Waals surface area contributed by atoms with Crippen molar-refractivity contribution >= 4 is 5.91 Å². The molecule has 0 radical (unpaired) electrons. The van der Waals surface area contributed by atoms with Crippen LogP contribution in [-0.2, 0) is 0 Å². The number of hydrogen-bond donors (Lipinski definition) is 1. The van der Waals surface area contributed by atoms with Crippen LogP contribution in [-0.4, -0.2) is 54.4 Å². The first-order chi connectivity index (χ1) is 9.47. The molecule has 1 aliphatic rings. The van der Waals surface area contributed by atoms with Gasteiger partial charge in [-0.3, -0.25) is 9.59 Å². The lowest BCUT2D eigenvalue weighted by Crippen LogP contribution is -2.39. The zero-order chi connectivity index (χ0) is 14.7. The fraction of sp³-hybridized carbons (Fsp3) is 0.600. The van der Waals surface area contributed by atoms with E-state index in [2.05, 4.69) is 16.9 Å². The van der Waals surface area contributed by atoms with Crippen molar-refractivity contribution in [3.8, 4) is 0 Å². The monoisotopic (exact) mass is 277 g/mol. The summed E-state index contributed by atoms with van der Waals surface area (Å²) in [7, 11) is 3.90. The van der Waals surface area contributed by atoms with Gasteiger partial charge in [-0.15, -0.1) is 0 Å². The molecule has 1 amide bonds. The van der Waals surface area contributed by atoms with Crippen molar-refractivity contribution in [1.82, 2.24) is 14.8 Å². The molecular weight excluding hydrogens is 254 g/mol. The van der Waals surface area contributed by atoms with Gasteiger partial charge in [0.05, 0.1) is 0 Å². The smallest absolute Gasteiger partial charge is 0.259 e. The molecule has 1 aromatic heterocycles. The Kier molecular flexibility index (Phi) is 4.60. The van der Waals surface area contributed by atoms with Crippen LogP contribution in [0, 0.1) is 12.8 Å². The summed E-state index contributed by atoms with van der Waals surface area (Å²) in [5.41, 5.74) is 0.789. The van der Waals surface area contributed by atoms with Gasteiger partial charge in [0.25, 0.3) is 5.91 Å². The van der Waals surface area contributed by atoms with Crippen LogP contribution in [0.4, 0.5) is 0 Å². The number of aryl methyl sites for hydroxylation is 1. The summed E-state index contributed by atoms with van der Waals surface area (Å²) >= 11 is 0. The second-order valence-electron chi connectivity index (χ2n) is 5.83. The molecule has 0 atom stereocenters. The molecule has 0 bridgehead atoms. The molecule has 2 rings (SSSR count). The predicted octanol–water partition coefficient (Wildman–Crippen LogP) is 1.10. The molecule has 0 aliphatic carbocycles. The molecule has 0 aromatic carbocycles. The van der Waals surface area contributed by atoms with E-state index in [1.54, 1.807) is 18.9 Å². The maximum absolute atomic E-state index is 12.3. The van der Waals surface area contributed by atoms with Crippen LogP contribution in [0.2, 0.25) is 0 Å². The minimum atomic E-state index is -0.207. The van der Waals surface area contributed by atoms with Crippen LogP contribution in [0.15, 0.2) is 17.1 Å². The topological polar surface area (TPSA) is 56.4 Å². The van der Waals surface area contributed by atoms with E-state index in [9.17, 15) is 9.59 Å². The Hall–Kier alpha value is -1.62. The lowest BCUT2D eigenvalue weighted by Gasteiger charge is -2.31. The number of H-pyrrole nitrogens is 1. The van der Waals surface area contributed by atoms with Gasteiger partial charge in [-0.05, 0) is 45.8 Å². The summed E-state index contributed by atoms with van der Waals surface area (Å²) in [6, 6.07) is 1.47. The maximum atomic E-state index is 12.3. The number of carbonyl (C=O) groups is 1. The number of nitrogens with one attached hydrogen (secondary N) is 1. The molecule has 1 aromatic rings. The number of amides is 1. The van der Waals surface area contributed by atoms with Crippen LogP contribution in [0.3, 0.4) is 0 Å². The standard InChI is InChI=1S/C15H23N3O2/c1-11-8-14(19)13(9-16-11)15(20)18(3)10-12-4-6-17(2)7-5-12/h8-9,12H,4-7,10H2,1-3H3,(H,16,19). The molecule has 5 nitrogen and oxygen atoms in total. The van der Waals surface area contributed by atoms with E-state index in [1.165, 1.54) is 12.3 Å². The lowest BCUT2D eigenvalue weighted by atomic mass is 9.96. The zero-order valence-corrected chi connectivity index (χ0v) is 12.5. The molecule has 1 saturated heterocycles. The van der Waals surface area contributed by atoms with Crippen molar-refractivity contribution < 1.29 is 4.79 Å². The number of rotatable bonds is 3. The summed E-state index contributed by atoms with van der Waals surface area (Å²) in [5, 5.41) is 0. The van der Waals surface area contributed by atoms with Crippen LogP contribution in [0.1, 0.15) is 28.9 Å². The Labute approximate surface area is 119 Å². The van der Waals surface area contributed by atoms with E-state index in [0.717, 1.165) is 38.2 Å². The molecule has 5 heteroatoms. The molecule has 2 heterocycles. The van der Waals surface area contributed by atoms with E-state index in [4.69, 9.17) is 0 Å². The van der Waals surface area contributed by atoms with Crippen LogP contribution in [0.5, 0.6) is 0 Å². The van der Waals surface area contributed by atoms with E-state index in [-0.39, 0.29) is 16.9 Å². The largest absolute Gasteiger partial charge is 0.364 e. The lowest BCUT2D eigenvalue weighted by molar-refractivity contribution is 0.0745. The number of pyridine rings is 1. The number of carbonyl (C=O) groups excluding carboxylic acids is 1. The first-order valence-electron chi connectivity index (χ1n) is 7.10. The molecule has 110 valence electrons. The average molecular weight is 277 g/mol. The van der Waals surface area contributed by atoms with Gasteiger partial charge < -0.3 is 14.8 Å². The second-order valence-corrected chi connectivity index (χ2v) is 5.83. The fourth-order valence-corrected chi connectivity index (χ4v) is 2.66. The van der Waals surface area contributed by atoms with Crippen molar-refractivity contribution in [3.63, 3.8) is 0 Å². The van der Waals surface area contributed by atoms with E-state index < -0.39 is 0 Å². The number of aromatic amines is 1. The Morgan fingerprint density at radius 3 is 2.70 bits per heavy atom. The third-order valence-corrected chi connectivity index (χ3v) is 4.00. The fourth-order valence-electron chi connectivity index (χ4n) is 2.66. The minimum absolute atomic E-state index is 0.190. The normalized spacial score (nSPS) is 17.1. The van der Waals surface area contributed by atoms with E-state index >= 15 is 0 Å². The molecule has 0 saturated carbocycles. The Bertz CT molecular complexity index is 530. The van der Waals surface area contributed by atoms with Crippen LogP contribution in [0.25, 0.3) is 0 Å². The summed E-state index contributed by atoms with van der Waals surface area (Å²) in [6.07, 6.45) is 3.74. The van der Waals surface area contributed by atoms with Crippen molar-refractivity contribution in [1.29, 1.82) is 0 Å². The van der Waals surface area contributed by atoms with Gasteiger partial charge in [0, 0.05) is 31.5 Å². The van der Waals surface area contributed by atoms with Gasteiger partial charge in [-0.1, -0.05) is 0 Å². The minimum Gasteiger partial charge on any atom is -0.364 e. The average Bonchev–Trinajstić information content (AvgIpc) is 2.40. The third-order valence-electron chi connectivity index (χ3n) is 4.00. The third kappa shape index (κ3) is 3.48. The number of aromatic nitrogens is 1. The van der Waals surface area contributed by atoms with Gasteiger partial charge >= 0.3 is 0 Å². The Morgan fingerprint density at radius 1 is 1.45 bits per heavy atom.